The number of hydrogen-bond acceptors (Lipinski definition) is 2. The Morgan fingerprint density at radius 2 is 2.06 bits per heavy atom. The third-order valence-electron chi connectivity index (χ3n) is 2.88. The van der Waals surface area contributed by atoms with Gasteiger partial charge in [0.25, 0.3) is 0 Å². The fourth-order valence-electron chi connectivity index (χ4n) is 1.61. The molecule has 0 spiro atoms. The number of ether oxygens (including phenoxy) is 1. The van der Waals surface area contributed by atoms with Crippen molar-refractivity contribution in [3.63, 3.8) is 0 Å². The summed E-state index contributed by atoms with van der Waals surface area (Å²) in [5.41, 5.74) is 0.924. The van der Waals surface area contributed by atoms with Crippen molar-refractivity contribution in [2.75, 3.05) is 13.7 Å². The second-order valence-electron chi connectivity index (χ2n) is 4.27. The average Bonchev–Trinajstić information content (AvgIpc) is 2.29. The third kappa shape index (κ3) is 4.84. The predicted octanol–water partition coefficient (Wildman–Crippen LogP) is 3.57. The number of benzene rings is 1. The minimum absolute atomic E-state index is 0.182. The Hall–Kier alpha value is -0.280. The lowest BCUT2D eigenvalue weighted by Gasteiger charge is -2.19. The molecule has 2 atom stereocenters. The molecule has 0 bridgehead atoms. The van der Waals surface area contributed by atoms with Crippen molar-refractivity contribution in [2.45, 2.75) is 25.9 Å². The molecule has 0 fully saturated rings. The van der Waals surface area contributed by atoms with Gasteiger partial charge in [0.15, 0.2) is 0 Å². The van der Waals surface area contributed by atoms with Crippen LogP contribution in [0.3, 0.4) is 0 Å². The van der Waals surface area contributed by atoms with Crippen LogP contribution >= 0.6 is 23.2 Å². The number of halogens is 2. The van der Waals surface area contributed by atoms with Crippen LogP contribution in [0.5, 0.6) is 0 Å². The van der Waals surface area contributed by atoms with Gasteiger partial charge in [0.2, 0.25) is 0 Å². The largest absolute Gasteiger partial charge is 0.393 e. The molecule has 1 aromatic carbocycles. The summed E-state index contributed by atoms with van der Waals surface area (Å²) in [4.78, 5) is 0. The van der Waals surface area contributed by atoms with Crippen LogP contribution in [0.1, 0.15) is 18.9 Å². The first-order valence-corrected chi connectivity index (χ1v) is 6.41. The second kappa shape index (κ2) is 7.22. The van der Waals surface area contributed by atoms with Gasteiger partial charge < -0.3 is 9.84 Å². The van der Waals surface area contributed by atoms with Gasteiger partial charge in [0.1, 0.15) is 0 Å². The molecule has 2 unspecified atom stereocenters. The van der Waals surface area contributed by atoms with Gasteiger partial charge in [-0.25, -0.2) is 0 Å². The molecule has 4 heteroatoms. The first-order chi connectivity index (χ1) is 8.04. The fourth-order valence-corrected chi connectivity index (χ4v) is 2.10. The summed E-state index contributed by atoms with van der Waals surface area (Å²) in [5, 5.41) is 11.3. The predicted molar refractivity (Wildman–Crippen MR) is 71.8 cm³/mol. The zero-order valence-corrected chi connectivity index (χ0v) is 11.6. The third-order valence-corrected chi connectivity index (χ3v) is 3.47. The second-order valence-corrected chi connectivity index (χ2v) is 5.11. The molecule has 1 N–H and O–H groups in total. The minimum Gasteiger partial charge on any atom is -0.393 e. The van der Waals surface area contributed by atoms with Gasteiger partial charge in [-0.1, -0.05) is 36.2 Å². The van der Waals surface area contributed by atoms with Crippen LogP contribution in [0.4, 0.5) is 0 Å². The summed E-state index contributed by atoms with van der Waals surface area (Å²) < 4.78 is 5.00. The van der Waals surface area contributed by atoms with Crippen molar-refractivity contribution in [2.24, 2.45) is 5.92 Å². The quantitative estimate of drug-likeness (QED) is 0.861. The maximum absolute atomic E-state index is 10.0. The Kier molecular flexibility index (Phi) is 6.28. The molecular weight excluding hydrogens is 259 g/mol. The molecule has 1 aromatic rings. The minimum atomic E-state index is -0.413. The molecule has 17 heavy (non-hydrogen) atoms. The maximum atomic E-state index is 10.0. The monoisotopic (exact) mass is 276 g/mol. The average molecular weight is 277 g/mol. The van der Waals surface area contributed by atoms with Crippen LogP contribution < -0.4 is 0 Å². The number of aliphatic hydroxyl groups excluding tert-OH is 1. The van der Waals surface area contributed by atoms with E-state index in [9.17, 15) is 5.11 Å². The lowest BCUT2D eigenvalue weighted by atomic mass is 9.95. The summed E-state index contributed by atoms with van der Waals surface area (Å²) in [7, 11) is 1.66. The van der Waals surface area contributed by atoms with Crippen LogP contribution in [0.25, 0.3) is 0 Å². The highest BCUT2D eigenvalue weighted by Crippen LogP contribution is 2.24. The van der Waals surface area contributed by atoms with Gasteiger partial charge >= 0.3 is 0 Å². The smallest absolute Gasteiger partial charge is 0.0607 e. The van der Waals surface area contributed by atoms with E-state index in [4.69, 9.17) is 27.9 Å². The fraction of sp³-hybridized carbons (Fsp3) is 0.538. The highest BCUT2D eigenvalue weighted by atomic mass is 35.5. The van der Waals surface area contributed by atoms with Crippen LogP contribution in [-0.4, -0.2) is 24.9 Å². The van der Waals surface area contributed by atoms with Crippen molar-refractivity contribution in [3.8, 4) is 0 Å². The lowest BCUT2D eigenvalue weighted by molar-refractivity contribution is 0.0887. The summed E-state index contributed by atoms with van der Waals surface area (Å²) in [6, 6.07) is 5.34. The van der Waals surface area contributed by atoms with E-state index in [1.54, 1.807) is 19.2 Å². The molecule has 1 rings (SSSR count). The van der Waals surface area contributed by atoms with E-state index in [1.807, 2.05) is 13.0 Å². The summed E-state index contributed by atoms with van der Waals surface area (Å²) in [6.45, 7) is 2.67. The van der Waals surface area contributed by atoms with Crippen LogP contribution in [-0.2, 0) is 11.2 Å². The van der Waals surface area contributed by atoms with Crippen molar-refractivity contribution in [3.05, 3.63) is 33.8 Å². The summed E-state index contributed by atoms with van der Waals surface area (Å²) in [6.07, 6.45) is 0.966. The molecule has 0 aliphatic rings. The van der Waals surface area contributed by atoms with Gasteiger partial charge in [-0.2, -0.15) is 0 Å². The van der Waals surface area contributed by atoms with Crippen LogP contribution in [0, 0.1) is 5.92 Å². The summed E-state index contributed by atoms with van der Waals surface area (Å²) in [5.74, 6) is 0.182. The first kappa shape index (κ1) is 14.8. The zero-order valence-electron chi connectivity index (χ0n) is 10.1. The number of aliphatic hydroxyl groups is 1. The van der Waals surface area contributed by atoms with Crippen molar-refractivity contribution < 1.29 is 9.84 Å². The van der Waals surface area contributed by atoms with E-state index in [0.29, 0.717) is 23.1 Å². The van der Waals surface area contributed by atoms with E-state index in [-0.39, 0.29) is 5.92 Å². The molecule has 0 radical (unpaired) electrons. The van der Waals surface area contributed by atoms with Crippen molar-refractivity contribution >= 4 is 23.2 Å². The highest BCUT2D eigenvalue weighted by molar-refractivity contribution is 6.35. The highest BCUT2D eigenvalue weighted by Gasteiger charge is 2.16. The van der Waals surface area contributed by atoms with Gasteiger partial charge in [-0.15, -0.1) is 0 Å². The van der Waals surface area contributed by atoms with E-state index in [2.05, 4.69) is 0 Å². The maximum Gasteiger partial charge on any atom is 0.0607 e. The van der Waals surface area contributed by atoms with Gasteiger partial charge in [0.05, 0.1) is 6.10 Å². The Morgan fingerprint density at radius 1 is 1.35 bits per heavy atom. The van der Waals surface area contributed by atoms with E-state index in [0.717, 1.165) is 12.0 Å². The Morgan fingerprint density at radius 3 is 2.65 bits per heavy atom. The topological polar surface area (TPSA) is 29.5 Å². The summed E-state index contributed by atoms with van der Waals surface area (Å²) >= 11 is 11.9. The number of methoxy groups -OCH3 is 1. The zero-order chi connectivity index (χ0) is 12.8. The Labute approximate surface area is 113 Å². The number of hydrogen-bond donors (Lipinski definition) is 1. The molecule has 0 heterocycles. The first-order valence-electron chi connectivity index (χ1n) is 5.65. The lowest BCUT2D eigenvalue weighted by Crippen LogP contribution is -2.21. The molecule has 0 amide bonds. The molecule has 2 nitrogen and oxygen atoms in total. The SMILES string of the molecule is COCCC(C)C(O)Cc1ccc(Cl)cc1Cl. The molecule has 0 aliphatic heterocycles. The Bertz CT molecular complexity index is 355. The van der Waals surface area contributed by atoms with Crippen LogP contribution in [0.2, 0.25) is 10.0 Å². The Balaban J connectivity index is 2.58. The normalized spacial score (nSPS) is 14.6. The van der Waals surface area contributed by atoms with Gasteiger partial charge in [0, 0.05) is 30.2 Å². The molecule has 0 saturated heterocycles. The molecular formula is C13H18Cl2O2. The standard InChI is InChI=1S/C13H18Cl2O2/c1-9(5-6-17-2)13(16)7-10-3-4-11(14)8-12(10)15/h3-4,8-9,13,16H,5-7H2,1-2H3. The molecule has 0 aliphatic carbocycles. The molecule has 96 valence electrons. The van der Waals surface area contributed by atoms with E-state index >= 15 is 0 Å². The van der Waals surface area contributed by atoms with Crippen molar-refractivity contribution in [1.29, 1.82) is 0 Å². The number of rotatable bonds is 6. The van der Waals surface area contributed by atoms with E-state index < -0.39 is 6.10 Å². The van der Waals surface area contributed by atoms with Crippen LogP contribution in [0.15, 0.2) is 18.2 Å². The van der Waals surface area contributed by atoms with Gasteiger partial charge in [-0.3, -0.25) is 0 Å². The van der Waals surface area contributed by atoms with Crippen molar-refractivity contribution in [1.82, 2.24) is 0 Å². The van der Waals surface area contributed by atoms with Gasteiger partial charge in [-0.05, 0) is 30.0 Å². The van der Waals surface area contributed by atoms with E-state index in [1.165, 1.54) is 0 Å². The molecule has 0 saturated carbocycles. The molecule has 0 aromatic heterocycles.